The van der Waals surface area contributed by atoms with Gasteiger partial charge in [0.15, 0.2) is 9.84 Å². The summed E-state index contributed by atoms with van der Waals surface area (Å²) in [4.78, 5) is 12.5. The zero-order valence-corrected chi connectivity index (χ0v) is 17.1. The summed E-state index contributed by atoms with van der Waals surface area (Å²) in [6, 6.07) is 9.32. The molecule has 7 heteroatoms. The lowest BCUT2D eigenvalue weighted by Crippen LogP contribution is -2.17. The first-order valence-electron chi connectivity index (χ1n) is 9.44. The van der Waals surface area contributed by atoms with Crippen LogP contribution in [0.25, 0.3) is 21.9 Å². The van der Waals surface area contributed by atoms with E-state index in [2.05, 4.69) is 0 Å². The molecule has 0 radical (unpaired) electrons. The summed E-state index contributed by atoms with van der Waals surface area (Å²) in [5.74, 6) is 0.576. The Balaban J connectivity index is 1.93. The summed E-state index contributed by atoms with van der Waals surface area (Å²) in [6.45, 7) is 0.580. The van der Waals surface area contributed by atoms with Gasteiger partial charge in [-0.05, 0) is 60.0 Å². The van der Waals surface area contributed by atoms with Crippen LogP contribution in [0.1, 0.15) is 18.4 Å². The highest BCUT2D eigenvalue weighted by Crippen LogP contribution is 2.37. The van der Waals surface area contributed by atoms with E-state index in [1.54, 1.807) is 31.4 Å². The first-order valence-corrected chi connectivity index (χ1v) is 11.5. The van der Waals surface area contributed by atoms with Gasteiger partial charge in [0, 0.05) is 36.0 Å². The van der Waals surface area contributed by atoms with Gasteiger partial charge in [-0.3, -0.25) is 4.79 Å². The molecule has 1 heterocycles. The molecule has 5 nitrogen and oxygen atoms in total. The van der Waals surface area contributed by atoms with Crippen molar-refractivity contribution in [2.45, 2.75) is 18.6 Å². The minimum Gasteiger partial charge on any atom is -0.493 e. The molecular formula is C22H22FNO4S. The quantitative estimate of drug-likeness (QED) is 0.616. The second-order valence-electron chi connectivity index (χ2n) is 7.80. The second-order valence-corrected chi connectivity index (χ2v) is 9.94. The van der Waals surface area contributed by atoms with Crippen LogP contribution in [-0.4, -0.2) is 25.8 Å². The van der Waals surface area contributed by atoms with Crippen LogP contribution in [0.5, 0.6) is 5.75 Å². The molecule has 2 aromatic carbocycles. The first kappa shape index (κ1) is 19.6. The van der Waals surface area contributed by atoms with Gasteiger partial charge in [0.05, 0.1) is 12.4 Å². The standard InChI is InChI=1S/C22H22FNO4S/c1-24-11-20(18-10-16(23)6-7-17(18)22(24)25)19-9-15(13-29(2,26)27)5-8-21(19)28-12-14-3-4-14/h5-11,14H,3-4,12-13H2,1-2H3. The van der Waals surface area contributed by atoms with E-state index >= 15 is 0 Å². The van der Waals surface area contributed by atoms with E-state index < -0.39 is 15.7 Å². The monoisotopic (exact) mass is 415 g/mol. The number of aromatic nitrogens is 1. The number of hydrogen-bond donors (Lipinski definition) is 0. The molecule has 0 saturated heterocycles. The predicted octanol–water partition coefficient (Wildman–Crippen LogP) is 3.68. The molecule has 4 rings (SSSR count). The van der Waals surface area contributed by atoms with Crippen LogP contribution in [0.2, 0.25) is 0 Å². The largest absolute Gasteiger partial charge is 0.493 e. The number of rotatable bonds is 6. The van der Waals surface area contributed by atoms with E-state index in [-0.39, 0.29) is 11.3 Å². The van der Waals surface area contributed by atoms with Gasteiger partial charge in [-0.1, -0.05) is 6.07 Å². The van der Waals surface area contributed by atoms with Crippen molar-refractivity contribution in [3.63, 3.8) is 0 Å². The molecule has 0 atom stereocenters. The van der Waals surface area contributed by atoms with Crippen molar-refractivity contribution in [1.82, 2.24) is 4.57 Å². The maximum absolute atomic E-state index is 14.0. The lowest BCUT2D eigenvalue weighted by Gasteiger charge is -2.16. The van der Waals surface area contributed by atoms with Crippen molar-refractivity contribution in [2.75, 3.05) is 12.9 Å². The average Bonchev–Trinajstić information content (AvgIpc) is 3.46. The fourth-order valence-corrected chi connectivity index (χ4v) is 4.24. The number of hydrogen-bond acceptors (Lipinski definition) is 4. The van der Waals surface area contributed by atoms with Gasteiger partial charge in [-0.15, -0.1) is 0 Å². The Morgan fingerprint density at radius 1 is 1.10 bits per heavy atom. The van der Waals surface area contributed by atoms with Crippen LogP contribution < -0.4 is 10.3 Å². The van der Waals surface area contributed by atoms with Crippen molar-refractivity contribution < 1.29 is 17.5 Å². The highest BCUT2D eigenvalue weighted by Gasteiger charge is 2.23. The molecule has 1 aliphatic rings. The zero-order valence-electron chi connectivity index (χ0n) is 16.3. The van der Waals surface area contributed by atoms with Crippen LogP contribution in [0.4, 0.5) is 4.39 Å². The Bertz CT molecular complexity index is 1260. The molecule has 0 spiro atoms. The van der Waals surface area contributed by atoms with Gasteiger partial charge in [0.2, 0.25) is 0 Å². The highest BCUT2D eigenvalue weighted by atomic mass is 32.2. The fourth-order valence-electron chi connectivity index (χ4n) is 3.45. The summed E-state index contributed by atoms with van der Waals surface area (Å²) in [5.41, 5.74) is 1.66. The number of halogens is 1. The van der Waals surface area contributed by atoms with E-state index in [9.17, 15) is 17.6 Å². The molecule has 0 N–H and O–H groups in total. The molecule has 152 valence electrons. The maximum Gasteiger partial charge on any atom is 0.258 e. The van der Waals surface area contributed by atoms with Crippen LogP contribution in [-0.2, 0) is 22.6 Å². The normalized spacial score (nSPS) is 14.3. The number of pyridine rings is 1. The number of aryl methyl sites for hydroxylation is 1. The minimum atomic E-state index is -3.22. The molecule has 1 aromatic heterocycles. The molecule has 0 unspecified atom stereocenters. The molecule has 0 aliphatic heterocycles. The van der Waals surface area contributed by atoms with E-state index in [1.807, 2.05) is 0 Å². The molecule has 1 fully saturated rings. The number of fused-ring (bicyclic) bond motifs is 1. The Morgan fingerprint density at radius 2 is 1.86 bits per heavy atom. The number of benzene rings is 2. The fraction of sp³-hybridized carbons (Fsp3) is 0.318. The van der Waals surface area contributed by atoms with Crippen molar-refractivity contribution in [1.29, 1.82) is 0 Å². The zero-order chi connectivity index (χ0) is 20.8. The summed E-state index contributed by atoms with van der Waals surface area (Å²) >= 11 is 0. The van der Waals surface area contributed by atoms with Crippen LogP contribution in [0.3, 0.4) is 0 Å². The Hall–Kier alpha value is -2.67. The number of nitrogens with zero attached hydrogens (tertiary/aromatic N) is 1. The smallest absolute Gasteiger partial charge is 0.258 e. The third-order valence-electron chi connectivity index (χ3n) is 5.08. The third kappa shape index (κ3) is 4.34. The summed E-state index contributed by atoms with van der Waals surface area (Å²) in [5, 5.41) is 0.869. The summed E-state index contributed by atoms with van der Waals surface area (Å²) in [6.07, 6.45) is 5.10. The molecule has 29 heavy (non-hydrogen) atoms. The van der Waals surface area contributed by atoms with Crippen LogP contribution >= 0.6 is 0 Å². The molecule has 3 aromatic rings. The molecule has 0 amide bonds. The lowest BCUT2D eigenvalue weighted by molar-refractivity contribution is 0.301. The van der Waals surface area contributed by atoms with E-state index in [0.717, 1.165) is 12.8 Å². The van der Waals surface area contributed by atoms with E-state index in [0.29, 0.717) is 45.7 Å². The lowest BCUT2D eigenvalue weighted by atomic mass is 9.98. The topological polar surface area (TPSA) is 65.4 Å². The number of ether oxygens (including phenoxy) is 1. The van der Waals surface area contributed by atoms with Gasteiger partial charge in [-0.2, -0.15) is 0 Å². The maximum atomic E-state index is 14.0. The molecule has 1 saturated carbocycles. The minimum absolute atomic E-state index is 0.110. The Kier molecular flexibility index (Phi) is 4.94. The van der Waals surface area contributed by atoms with Crippen molar-refractivity contribution >= 4 is 20.6 Å². The van der Waals surface area contributed by atoms with Crippen LogP contribution in [0, 0.1) is 11.7 Å². The Labute approximate surface area is 168 Å². The second kappa shape index (κ2) is 7.30. The summed E-state index contributed by atoms with van der Waals surface area (Å²) in [7, 11) is -1.59. The SMILES string of the molecule is Cn1cc(-c2cc(CS(C)(=O)=O)ccc2OCC2CC2)c2cc(F)ccc2c1=O. The van der Waals surface area contributed by atoms with Gasteiger partial charge in [0.25, 0.3) is 5.56 Å². The predicted molar refractivity (Wildman–Crippen MR) is 111 cm³/mol. The molecule has 1 aliphatic carbocycles. The van der Waals surface area contributed by atoms with Crippen molar-refractivity contribution in [2.24, 2.45) is 13.0 Å². The molecular weight excluding hydrogens is 393 g/mol. The van der Waals surface area contributed by atoms with E-state index in [1.165, 1.54) is 29.0 Å². The molecule has 0 bridgehead atoms. The van der Waals surface area contributed by atoms with Crippen molar-refractivity contribution in [3.8, 4) is 16.9 Å². The van der Waals surface area contributed by atoms with Gasteiger partial charge < -0.3 is 9.30 Å². The van der Waals surface area contributed by atoms with Gasteiger partial charge in [0.1, 0.15) is 11.6 Å². The van der Waals surface area contributed by atoms with Crippen LogP contribution in [0.15, 0.2) is 47.4 Å². The highest BCUT2D eigenvalue weighted by molar-refractivity contribution is 7.89. The summed E-state index contributed by atoms with van der Waals surface area (Å²) < 4.78 is 45.0. The number of sulfone groups is 1. The average molecular weight is 415 g/mol. The first-order chi connectivity index (χ1) is 13.7. The Morgan fingerprint density at radius 3 is 2.55 bits per heavy atom. The third-order valence-corrected chi connectivity index (χ3v) is 5.94. The van der Waals surface area contributed by atoms with Gasteiger partial charge in [-0.25, -0.2) is 12.8 Å². The van der Waals surface area contributed by atoms with E-state index in [4.69, 9.17) is 4.74 Å². The van der Waals surface area contributed by atoms with Gasteiger partial charge >= 0.3 is 0 Å². The van der Waals surface area contributed by atoms with Crippen molar-refractivity contribution in [3.05, 3.63) is 64.3 Å².